The van der Waals surface area contributed by atoms with Crippen LogP contribution in [-0.4, -0.2) is 36.9 Å². The first-order valence-corrected chi connectivity index (χ1v) is 10.6. The van der Waals surface area contributed by atoms with Gasteiger partial charge in [0.2, 0.25) is 0 Å². The second-order valence-corrected chi connectivity index (χ2v) is 8.08. The molecular formula is C23H21N5O2S. The molecule has 31 heavy (non-hydrogen) atoms. The summed E-state index contributed by atoms with van der Waals surface area (Å²) in [4.78, 5) is 39.1. The number of rotatable bonds is 4. The van der Waals surface area contributed by atoms with E-state index in [2.05, 4.69) is 16.5 Å². The first-order valence-electron chi connectivity index (χ1n) is 10.2. The van der Waals surface area contributed by atoms with Crippen molar-refractivity contribution >= 4 is 40.1 Å². The second-order valence-electron chi connectivity index (χ2n) is 7.69. The fourth-order valence-corrected chi connectivity index (χ4v) is 4.54. The Morgan fingerprint density at radius 2 is 2.06 bits per heavy atom. The summed E-state index contributed by atoms with van der Waals surface area (Å²) in [6.07, 6.45) is 3.39. The summed E-state index contributed by atoms with van der Waals surface area (Å²) in [5, 5.41) is 0.488. The van der Waals surface area contributed by atoms with E-state index >= 15 is 0 Å². The Balaban J connectivity index is 1.51. The molecule has 0 saturated carbocycles. The molecule has 5 rings (SSSR count). The lowest BCUT2D eigenvalue weighted by molar-refractivity contribution is 0.0730. The van der Waals surface area contributed by atoms with Crippen molar-refractivity contribution < 1.29 is 4.79 Å². The Morgan fingerprint density at radius 3 is 2.87 bits per heavy atom. The number of nitrogens with zero attached hydrogens (tertiary/aromatic N) is 3. The highest BCUT2D eigenvalue weighted by molar-refractivity contribution is 7.71. The standard InChI is InChI=1S/C23H21N5O2S/c1-2-11-28-22(30)15-10-9-14(13-18(15)26-23(28)31)21(29)27-12-5-8-19(27)20-24-16-6-3-4-7-17(16)25-20/h2-4,6-7,9-10,13,19H,1,5,8,11-12H2,(H,24,25)(H,26,31). The fraction of sp³-hybridized carbons (Fsp3) is 0.217. The minimum Gasteiger partial charge on any atom is -0.340 e. The fourth-order valence-electron chi connectivity index (χ4n) is 4.27. The number of H-pyrrole nitrogens is 2. The smallest absolute Gasteiger partial charge is 0.262 e. The van der Waals surface area contributed by atoms with Crippen LogP contribution < -0.4 is 5.56 Å². The lowest BCUT2D eigenvalue weighted by Crippen LogP contribution is -2.31. The zero-order valence-corrected chi connectivity index (χ0v) is 17.6. The third-order valence-corrected chi connectivity index (χ3v) is 6.10. The minimum atomic E-state index is -0.195. The van der Waals surface area contributed by atoms with Crippen LogP contribution in [0.2, 0.25) is 0 Å². The summed E-state index contributed by atoms with van der Waals surface area (Å²) in [6.45, 7) is 4.66. The number of carbonyl (C=O) groups excluding carboxylic acids is 1. The number of benzene rings is 2. The summed E-state index contributed by atoms with van der Waals surface area (Å²) in [6, 6.07) is 12.8. The van der Waals surface area contributed by atoms with Gasteiger partial charge in [0.25, 0.3) is 11.5 Å². The Kier molecular flexibility index (Phi) is 4.78. The number of allylic oxidation sites excluding steroid dienone is 1. The van der Waals surface area contributed by atoms with Crippen molar-refractivity contribution in [3.8, 4) is 0 Å². The normalized spacial score (nSPS) is 16.3. The number of aromatic amines is 2. The van der Waals surface area contributed by atoms with Crippen LogP contribution in [0.3, 0.4) is 0 Å². The molecule has 1 amide bonds. The van der Waals surface area contributed by atoms with Gasteiger partial charge in [0.15, 0.2) is 4.77 Å². The third-order valence-electron chi connectivity index (χ3n) is 5.78. The maximum absolute atomic E-state index is 13.4. The number of fused-ring (bicyclic) bond motifs is 2. The SMILES string of the molecule is C=CCn1c(=S)[nH]c2cc(C(=O)N3CCCC3c3nc4ccccc4[nH]3)ccc2c1=O. The van der Waals surface area contributed by atoms with Crippen molar-refractivity contribution in [2.24, 2.45) is 0 Å². The van der Waals surface area contributed by atoms with Crippen molar-refractivity contribution in [2.75, 3.05) is 6.54 Å². The molecule has 1 aliphatic rings. The molecule has 0 aliphatic carbocycles. The summed E-state index contributed by atoms with van der Waals surface area (Å²) < 4.78 is 1.76. The zero-order valence-electron chi connectivity index (χ0n) is 16.8. The van der Waals surface area contributed by atoms with E-state index in [0.717, 1.165) is 29.7 Å². The number of likely N-dealkylation sites (tertiary alicyclic amines) is 1. The van der Waals surface area contributed by atoms with E-state index in [0.29, 0.717) is 34.3 Å². The van der Waals surface area contributed by atoms with Gasteiger partial charge in [0.05, 0.1) is 28.0 Å². The molecule has 4 aromatic rings. The number of hydrogen-bond donors (Lipinski definition) is 2. The van der Waals surface area contributed by atoms with Crippen molar-refractivity contribution in [2.45, 2.75) is 25.4 Å². The number of amides is 1. The number of para-hydroxylation sites is 2. The van der Waals surface area contributed by atoms with E-state index in [9.17, 15) is 9.59 Å². The van der Waals surface area contributed by atoms with Crippen molar-refractivity contribution in [1.82, 2.24) is 24.4 Å². The van der Waals surface area contributed by atoms with Crippen LogP contribution in [0.15, 0.2) is 59.9 Å². The van der Waals surface area contributed by atoms with Crippen LogP contribution in [0.4, 0.5) is 0 Å². The van der Waals surface area contributed by atoms with Crippen molar-refractivity contribution in [3.63, 3.8) is 0 Å². The van der Waals surface area contributed by atoms with Crippen molar-refractivity contribution in [3.05, 3.63) is 81.6 Å². The van der Waals surface area contributed by atoms with Gasteiger partial charge in [-0.05, 0) is 55.4 Å². The lowest BCUT2D eigenvalue weighted by Gasteiger charge is -2.23. The topological polar surface area (TPSA) is 86.8 Å². The highest BCUT2D eigenvalue weighted by Crippen LogP contribution is 2.32. The van der Waals surface area contributed by atoms with Crippen LogP contribution in [-0.2, 0) is 6.54 Å². The number of carbonyl (C=O) groups is 1. The van der Waals surface area contributed by atoms with E-state index < -0.39 is 0 Å². The van der Waals surface area contributed by atoms with Gasteiger partial charge in [0, 0.05) is 18.7 Å². The quantitative estimate of drug-likeness (QED) is 0.376. The minimum absolute atomic E-state index is 0.0838. The lowest BCUT2D eigenvalue weighted by atomic mass is 10.1. The Hall–Kier alpha value is -3.52. The Labute approximate surface area is 183 Å². The molecule has 1 fully saturated rings. The van der Waals surface area contributed by atoms with E-state index in [4.69, 9.17) is 17.2 Å². The molecule has 0 bridgehead atoms. The van der Waals surface area contributed by atoms with Crippen LogP contribution in [0.1, 0.15) is 35.1 Å². The number of imidazole rings is 1. The van der Waals surface area contributed by atoms with Gasteiger partial charge in [0.1, 0.15) is 5.82 Å². The molecule has 2 N–H and O–H groups in total. The molecule has 1 atom stereocenters. The monoisotopic (exact) mass is 431 g/mol. The van der Waals surface area contributed by atoms with E-state index in [-0.39, 0.29) is 17.5 Å². The highest BCUT2D eigenvalue weighted by atomic mass is 32.1. The van der Waals surface area contributed by atoms with Gasteiger partial charge in [-0.3, -0.25) is 14.2 Å². The average molecular weight is 432 g/mol. The molecule has 0 radical (unpaired) electrons. The van der Waals surface area contributed by atoms with Gasteiger partial charge >= 0.3 is 0 Å². The largest absolute Gasteiger partial charge is 0.340 e. The summed E-state index contributed by atoms with van der Waals surface area (Å²) in [5.74, 6) is 0.721. The third kappa shape index (κ3) is 3.29. The maximum Gasteiger partial charge on any atom is 0.262 e. The van der Waals surface area contributed by atoms with Gasteiger partial charge in [-0.1, -0.05) is 18.2 Å². The summed E-state index contributed by atoms with van der Waals surface area (Å²) in [7, 11) is 0. The summed E-state index contributed by atoms with van der Waals surface area (Å²) >= 11 is 5.31. The van der Waals surface area contributed by atoms with Gasteiger partial charge in [-0.2, -0.15) is 0 Å². The molecule has 7 nitrogen and oxygen atoms in total. The highest BCUT2D eigenvalue weighted by Gasteiger charge is 2.32. The number of nitrogens with one attached hydrogen (secondary N) is 2. The van der Waals surface area contributed by atoms with Crippen LogP contribution >= 0.6 is 12.2 Å². The van der Waals surface area contributed by atoms with Crippen LogP contribution in [0, 0.1) is 4.77 Å². The van der Waals surface area contributed by atoms with E-state index in [1.165, 1.54) is 4.57 Å². The molecule has 2 aromatic carbocycles. The molecule has 3 heterocycles. The molecule has 1 aliphatic heterocycles. The molecule has 2 aromatic heterocycles. The van der Waals surface area contributed by atoms with Gasteiger partial charge < -0.3 is 14.9 Å². The van der Waals surface area contributed by atoms with E-state index in [1.807, 2.05) is 29.2 Å². The molecule has 1 unspecified atom stereocenters. The van der Waals surface area contributed by atoms with Crippen LogP contribution in [0.25, 0.3) is 21.9 Å². The zero-order chi connectivity index (χ0) is 21.5. The van der Waals surface area contributed by atoms with Gasteiger partial charge in [-0.25, -0.2) is 4.98 Å². The predicted octanol–water partition coefficient (Wildman–Crippen LogP) is 4.10. The van der Waals surface area contributed by atoms with Crippen molar-refractivity contribution in [1.29, 1.82) is 0 Å². The Bertz CT molecular complexity index is 1410. The predicted molar refractivity (Wildman–Crippen MR) is 123 cm³/mol. The van der Waals surface area contributed by atoms with Crippen LogP contribution in [0.5, 0.6) is 0 Å². The molecule has 8 heteroatoms. The number of hydrogen-bond acceptors (Lipinski definition) is 4. The van der Waals surface area contributed by atoms with E-state index in [1.54, 1.807) is 24.3 Å². The molecular weight excluding hydrogens is 410 g/mol. The molecule has 1 saturated heterocycles. The first-order chi connectivity index (χ1) is 15.1. The molecule has 0 spiro atoms. The Morgan fingerprint density at radius 1 is 1.23 bits per heavy atom. The maximum atomic E-state index is 13.4. The first kappa shape index (κ1) is 19.4. The summed E-state index contributed by atoms with van der Waals surface area (Å²) in [5.41, 5.74) is 2.73. The average Bonchev–Trinajstić information content (AvgIpc) is 3.42. The molecule has 156 valence electrons. The number of aromatic nitrogens is 4. The van der Waals surface area contributed by atoms with Gasteiger partial charge in [-0.15, -0.1) is 6.58 Å². The second kappa shape index (κ2) is 7.63.